The van der Waals surface area contributed by atoms with Crippen molar-refractivity contribution in [2.45, 2.75) is 72.8 Å². The normalized spacial score (nSPS) is 12.8. The molecule has 0 aliphatic heterocycles. The van der Waals surface area contributed by atoms with Crippen molar-refractivity contribution in [1.29, 1.82) is 5.41 Å². The summed E-state index contributed by atoms with van der Waals surface area (Å²) in [5.74, 6) is 1.40. The van der Waals surface area contributed by atoms with Gasteiger partial charge in [-0.2, -0.15) is 18.2 Å². The summed E-state index contributed by atoms with van der Waals surface area (Å²) in [6, 6.07) is 12.2. The van der Waals surface area contributed by atoms with E-state index in [1.165, 1.54) is 6.42 Å². The average Bonchev–Trinajstić information content (AvgIpc) is 3.44. The zero-order valence-corrected chi connectivity index (χ0v) is 26.7. The van der Waals surface area contributed by atoms with Crippen molar-refractivity contribution < 1.29 is 54.2 Å². The van der Waals surface area contributed by atoms with Crippen LogP contribution in [0.5, 0.6) is 0 Å². The van der Waals surface area contributed by atoms with Crippen LogP contribution in [0.2, 0.25) is 0 Å². The van der Waals surface area contributed by atoms with Crippen LogP contribution < -0.4 is 5.32 Å². The number of allylic oxidation sites excluding steroid dienone is 2. The molecule has 38 heavy (non-hydrogen) atoms. The Kier molecular flexibility index (Phi) is 19.0. The van der Waals surface area contributed by atoms with E-state index in [-0.39, 0.29) is 49.6 Å². The Balaban J connectivity index is 0.000000715. The van der Waals surface area contributed by atoms with E-state index >= 15 is 0 Å². The van der Waals surface area contributed by atoms with Gasteiger partial charge in [0.25, 0.3) is 0 Å². The third kappa shape index (κ3) is 12.3. The van der Waals surface area contributed by atoms with Crippen molar-refractivity contribution in [2.24, 2.45) is 11.8 Å². The maximum Gasteiger partial charge on any atom is 2.00 e. The Hall–Kier alpha value is -1.95. The number of carbonyl (C=O) groups is 1. The van der Waals surface area contributed by atoms with Crippen molar-refractivity contribution >= 4 is 23.0 Å². The van der Waals surface area contributed by atoms with E-state index in [0.717, 1.165) is 48.9 Å². The van der Waals surface area contributed by atoms with E-state index in [4.69, 9.17) is 5.41 Å². The van der Waals surface area contributed by atoms with Gasteiger partial charge in [-0.15, -0.1) is 12.1 Å². The van der Waals surface area contributed by atoms with Crippen LogP contribution in [-0.4, -0.2) is 21.6 Å². The van der Waals surface area contributed by atoms with Gasteiger partial charge < -0.3 is 29.0 Å². The van der Waals surface area contributed by atoms with Gasteiger partial charge in [0.2, 0.25) is 0 Å². The van der Waals surface area contributed by atoms with Gasteiger partial charge in [-0.1, -0.05) is 39.5 Å². The second kappa shape index (κ2) is 20.0. The number of hydrogen-bond acceptors (Lipinski definition) is 5. The Bertz CT molecular complexity index is 997. The number of carbonyl (C=O) groups excluding carboxylic acids is 1. The number of aliphatic hydroxyl groups is 1. The first-order valence-electron chi connectivity index (χ1n) is 12.7. The third-order valence-electron chi connectivity index (χ3n) is 6.27. The summed E-state index contributed by atoms with van der Waals surface area (Å²) in [6.07, 6.45) is 9.83. The molecule has 9 heteroatoms. The number of hydrogen-bond donors (Lipinski definition) is 3. The van der Waals surface area contributed by atoms with Crippen LogP contribution >= 0.6 is 0 Å². The molecule has 1 aromatic carbocycles. The van der Waals surface area contributed by atoms with Crippen molar-refractivity contribution in [3.63, 3.8) is 0 Å². The number of halogens is 3. The number of nitrogens with zero attached hydrogens (tertiary/aromatic N) is 1. The van der Waals surface area contributed by atoms with Crippen molar-refractivity contribution in [3.8, 4) is 0 Å². The molecule has 3 rings (SSSR count). The van der Waals surface area contributed by atoms with Crippen LogP contribution in [0.3, 0.4) is 0 Å². The molecule has 0 saturated carbocycles. The minimum absolute atomic E-state index is 0. The SMILES string of the molecule is CCC(C)C(=O)C1=CCCC1.CCC(CC)C(=N)c1c(CO)ccnc1Nc1cc[c-]cc1.F[C-](F)F.[U+2]. The molecule has 1 heterocycles. The molecule has 0 radical (unpaired) electrons. The molecule has 1 aliphatic carbocycles. The molecule has 206 valence electrons. The molecule has 0 saturated heterocycles. The van der Waals surface area contributed by atoms with Gasteiger partial charge in [0.1, 0.15) is 5.82 Å². The van der Waals surface area contributed by atoms with Crippen LogP contribution in [0.15, 0.2) is 48.2 Å². The van der Waals surface area contributed by atoms with E-state index in [9.17, 15) is 23.1 Å². The molecular weight excluding hydrogens is 717 g/mol. The van der Waals surface area contributed by atoms with Crippen LogP contribution in [0, 0.1) is 61.1 Å². The number of benzene rings is 1. The van der Waals surface area contributed by atoms with Gasteiger partial charge in [0.15, 0.2) is 12.5 Å². The average molecular weight is 756 g/mol. The molecule has 1 aromatic heterocycles. The van der Waals surface area contributed by atoms with Gasteiger partial charge in [0.05, 0.1) is 6.61 Å². The maximum atomic E-state index is 11.5. The van der Waals surface area contributed by atoms with E-state index < -0.39 is 6.68 Å². The molecule has 0 spiro atoms. The Morgan fingerprint density at radius 1 is 1.16 bits per heavy atom. The number of rotatable bonds is 10. The zero-order chi connectivity index (χ0) is 27.8. The predicted octanol–water partition coefficient (Wildman–Crippen LogP) is 7.98. The van der Waals surface area contributed by atoms with Crippen molar-refractivity contribution in [3.05, 3.63) is 72.1 Å². The summed E-state index contributed by atoms with van der Waals surface area (Å²) in [4.78, 5) is 15.9. The molecule has 1 unspecified atom stereocenters. The molecule has 0 bridgehead atoms. The van der Waals surface area contributed by atoms with Crippen LogP contribution in [-0.2, 0) is 11.4 Å². The number of anilines is 2. The second-order valence-electron chi connectivity index (χ2n) is 8.70. The van der Waals surface area contributed by atoms with E-state index in [2.05, 4.69) is 43.2 Å². The summed E-state index contributed by atoms with van der Waals surface area (Å²) >= 11 is 0. The second-order valence-corrected chi connectivity index (χ2v) is 8.70. The van der Waals surface area contributed by atoms with Crippen LogP contribution in [0.25, 0.3) is 0 Å². The van der Waals surface area contributed by atoms with E-state index in [0.29, 0.717) is 22.9 Å². The van der Waals surface area contributed by atoms with Crippen LogP contribution in [0.1, 0.15) is 77.3 Å². The largest absolute Gasteiger partial charge is 2.00 e. The number of nitrogens with one attached hydrogen (secondary N) is 2. The molecule has 0 fully saturated rings. The quantitative estimate of drug-likeness (QED) is 0.170. The topological polar surface area (TPSA) is 86.1 Å². The number of pyridine rings is 1. The fraction of sp³-hybridized carbons (Fsp3) is 0.448. The molecule has 3 N–H and O–H groups in total. The molecule has 1 atom stereocenters. The van der Waals surface area contributed by atoms with Gasteiger partial charge in [-0.25, -0.2) is 4.98 Å². The number of ketones is 1. The number of Topliss-reactive ketones (excluding diaryl/α,β-unsaturated/α-hetero) is 1. The first-order valence-corrected chi connectivity index (χ1v) is 12.7. The van der Waals surface area contributed by atoms with Crippen molar-refractivity contribution in [2.75, 3.05) is 5.32 Å². The summed E-state index contributed by atoms with van der Waals surface area (Å²) in [6.45, 7) is 5.06. The molecule has 1 aliphatic rings. The van der Waals surface area contributed by atoms with Gasteiger partial charge in [0, 0.05) is 29.3 Å². The molecule has 0 amide bonds. The third-order valence-corrected chi connectivity index (χ3v) is 6.27. The predicted molar refractivity (Wildman–Crippen MR) is 143 cm³/mol. The fourth-order valence-electron chi connectivity index (χ4n) is 3.93. The first kappa shape index (κ1) is 36.1. The van der Waals surface area contributed by atoms with Gasteiger partial charge >= 0.3 is 31.1 Å². The van der Waals surface area contributed by atoms with Crippen LogP contribution in [0.4, 0.5) is 24.7 Å². The number of aromatic nitrogens is 1. The molecule has 5 nitrogen and oxygen atoms in total. The summed E-state index contributed by atoms with van der Waals surface area (Å²) in [5.41, 5.74) is 3.95. The maximum absolute atomic E-state index is 11.5. The minimum atomic E-state index is -3.08. The Labute approximate surface area is 248 Å². The van der Waals surface area contributed by atoms with E-state index in [1.807, 2.05) is 31.2 Å². The number of aliphatic hydroxyl groups excluding tert-OH is 1. The standard InChI is InChI=1S/C18H22N3O.C10H16O.CF3.U/c1-3-13(4-2)17(19)16-14(12-22)10-11-20-18(16)21-15-8-6-5-7-9-15;1-3-8(2)10(11)9-6-4-5-7-9;2-1(3)4;/h6-11,13,19,22H,3-4,12H2,1-2H3,(H,20,21);6,8H,3-5,7H2,1-2H3;;/q-1;;-1;+2. The Morgan fingerprint density at radius 3 is 2.24 bits per heavy atom. The molecular formula is C29H38F3N3O2U. The summed E-state index contributed by atoms with van der Waals surface area (Å²) in [7, 11) is 0. The zero-order valence-electron chi connectivity index (χ0n) is 22.6. The van der Waals surface area contributed by atoms with E-state index in [1.54, 1.807) is 12.3 Å². The monoisotopic (exact) mass is 755 g/mol. The Morgan fingerprint density at radius 2 is 1.76 bits per heavy atom. The minimum Gasteiger partial charge on any atom is -0.392 e. The smallest absolute Gasteiger partial charge is 0.392 e. The first-order chi connectivity index (χ1) is 17.7. The van der Waals surface area contributed by atoms with Gasteiger partial charge in [-0.05, 0) is 55.7 Å². The van der Waals surface area contributed by atoms with Crippen molar-refractivity contribution in [1.82, 2.24) is 4.98 Å². The fourth-order valence-corrected chi connectivity index (χ4v) is 3.93. The summed E-state index contributed by atoms with van der Waals surface area (Å²) < 4.78 is 28.8. The van der Waals surface area contributed by atoms with Gasteiger partial charge in [-0.3, -0.25) is 4.79 Å². The summed E-state index contributed by atoms with van der Waals surface area (Å²) in [5, 5.41) is 21.4. The molecule has 2 aromatic rings.